The fourth-order valence-electron chi connectivity index (χ4n) is 3.79. The van der Waals surface area contributed by atoms with Gasteiger partial charge in [-0.3, -0.25) is 9.69 Å². The van der Waals surface area contributed by atoms with E-state index in [4.69, 9.17) is 4.74 Å². The molecule has 25 heavy (non-hydrogen) atoms. The molecule has 2 fully saturated rings. The molecular formula is C18H22N4O3. The molecular weight excluding hydrogens is 320 g/mol. The van der Waals surface area contributed by atoms with Crippen LogP contribution in [0.1, 0.15) is 25.6 Å². The van der Waals surface area contributed by atoms with Crippen molar-refractivity contribution in [3.05, 3.63) is 30.1 Å². The number of hydrogen-bond acceptors (Lipinski definition) is 4. The van der Waals surface area contributed by atoms with Gasteiger partial charge in [0.25, 0.3) is 0 Å². The molecule has 0 aliphatic carbocycles. The van der Waals surface area contributed by atoms with Gasteiger partial charge in [0.15, 0.2) is 0 Å². The highest BCUT2D eigenvalue weighted by Crippen LogP contribution is 2.31. The number of ether oxygens (including phenoxy) is 1. The number of para-hydroxylation sites is 2. The van der Waals surface area contributed by atoms with E-state index in [0.29, 0.717) is 39.1 Å². The van der Waals surface area contributed by atoms with Crippen molar-refractivity contribution in [2.45, 2.75) is 31.7 Å². The van der Waals surface area contributed by atoms with Gasteiger partial charge in [-0.2, -0.15) is 0 Å². The van der Waals surface area contributed by atoms with E-state index in [1.54, 1.807) is 4.90 Å². The van der Waals surface area contributed by atoms with Gasteiger partial charge >= 0.3 is 6.09 Å². The number of aryl methyl sites for hydroxylation is 1. The summed E-state index contributed by atoms with van der Waals surface area (Å²) in [6.07, 6.45) is 1.53. The fourth-order valence-corrected chi connectivity index (χ4v) is 3.79. The smallest absolute Gasteiger partial charge is 0.410 e. The zero-order valence-corrected chi connectivity index (χ0v) is 14.3. The summed E-state index contributed by atoms with van der Waals surface area (Å²) < 4.78 is 5.22. The van der Waals surface area contributed by atoms with Crippen LogP contribution in [0.3, 0.4) is 0 Å². The number of nitrogens with one attached hydrogen (secondary N) is 1. The highest BCUT2D eigenvalue weighted by Gasteiger charge is 2.50. The summed E-state index contributed by atoms with van der Waals surface area (Å²) in [6, 6.07) is 7.85. The van der Waals surface area contributed by atoms with Gasteiger partial charge in [-0.25, -0.2) is 9.78 Å². The number of benzene rings is 1. The summed E-state index contributed by atoms with van der Waals surface area (Å²) in [6.45, 7) is 4.07. The van der Waals surface area contributed by atoms with Crippen LogP contribution < -0.4 is 0 Å². The van der Waals surface area contributed by atoms with Gasteiger partial charge in [0.1, 0.15) is 12.4 Å². The van der Waals surface area contributed by atoms with Crippen LogP contribution in [0.25, 0.3) is 11.0 Å². The first kappa shape index (κ1) is 15.9. The minimum Gasteiger partial charge on any atom is -0.447 e. The van der Waals surface area contributed by atoms with Crippen molar-refractivity contribution in [2.75, 3.05) is 26.2 Å². The molecule has 3 heterocycles. The normalized spacial score (nSPS) is 23.0. The molecule has 0 saturated carbocycles. The number of carbonyl (C=O) groups is 2. The van der Waals surface area contributed by atoms with E-state index < -0.39 is 0 Å². The molecule has 7 nitrogen and oxygen atoms in total. The minimum atomic E-state index is -0.357. The van der Waals surface area contributed by atoms with Crippen molar-refractivity contribution >= 4 is 23.0 Å². The Labute approximate surface area is 146 Å². The maximum absolute atomic E-state index is 12.7. The molecule has 2 aromatic rings. The number of H-pyrrole nitrogens is 1. The largest absolute Gasteiger partial charge is 0.447 e. The Morgan fingerprint density at radius 1 is 1.36 bits per heavy atom. The van der Waals surface area contributed by atoms with Crippen LogP contribution >= 0.6 is 0 Å². The van der Waals surface area contributed by atoms with E-state index >= 15 is 0 Å². The maximum Gasteiger partial charge on any atom is 0.410 e. The van der Waals surface area contributed by atoms with Crippen LogP contribution in [0.4, 0.5) is 4.79 Å². The van der Waals surface area contributed by atoms with Crippen LogP contribution in [-0.4, -0.2) is 63.5 Å². The van der Waals surface area contributed by atoms with Crippen LogP contribution in [-0.2, 0) is 16.0 Å². The monoisotopic (exact) mass is 342 g/mol. The van der Waals surface area contributed by atoms with Gasteiger partial charge in [-0.1, -0.05) is 19.1 Å². The van der Waals surface area contributed by atoms with E-state index in [1.807, 2.05) is 36.1 Å². The van der Waals surface area contributed by atoms with Crippen molar-refractivity contribution in [3.8, 4) is 0 Å². The molecule has 0 spiro atoms. The molecule has 0 radical (unpaired) electrons. The summed E-state index contributed by atoms with van der Waals surface area (Å²) in [4.78, 5) is 35.9. The Balaban J connectivity index is 1.40. The van der Waals surface area contributed by atoms with Gasteiger partial charge in [-0.15, -0.1) is 0 Å². The average Bonchev–Trinajstić information content (AvgIpc) is 3.20. The summed E-state index contributed by atoms with van der Waals surface area (Å²) in [5, 5.41) is 0. The Morgan fingerprint density at radius 2 is 2.20 bits per heavy atom. The molecule has 7 heteroatoms. The molecule has 1 aromatic carbocycles. The van der Waals surface area contributed by atoms with Gasteiger partial charge in [0, 0.05) is 32.5 Å². The standard InChI is InChI=1S/C18H22N4O3/c1-2-18-11-21(9-10-22(18)17(24)25-12-18)16(23)8-7-15-19-13-5-3-4-6-14(13)20-15/h3-6H,2,7-12H2,1H3,(H,19,20). The number of piperazine rings is 1. The summed E-state index contributed by atoms with van der Waals surface area (Å²) in [5.41, 5.74) is 1.56. The number of cyclic esters (lactones) is 1. The van der Waals surface area contributed by atoms with E-state index in [-0.39, 0.29) is 17.5 Å². The lowest BCUT2D eigenvalue weighted by Crippen LogP contribution is -2.62. The number of aromatic nitrogens is 2. The van der Waals surface area contributed by atoms with Crippen LogP contribution in [0.2, 0.25) is 0 Å². The number of rotatable bonds is 4. The number of amides is 2. The number of imidazole rings is 1. The Bertz CT molecular complexity index is 785. The topological polar surface area (TPSA) is 78.5 Å². The van der Waals surface area contributed by atoms with Crippen LogP contribution in [0, 0.1) is 0 Å². The lowest BCUT2D eigenvalue weighted by Gasteiger charge is -2.44. The third-order valence-electron chi connectivity index (χ3n) is 5.36. The number of hydrogen-bond donors (Lipinski definition) is 1. The molecule has 2 aliphatic heterocycles. The van der Waals surface area contributed by atoms with Gasteiger partial charge in [0.05, 0.1) is 16.6 Å². The number of fused-ring (bicyclic) bond motifs is 2. The molecule has 1 atom stereocenters. The van der Waals surface area contributed by atoms with Crippen LogP contribution in [0.5, 0.6) is 0 Å². The highest BCUT2D eigenvalue weighted by atomic mass is 16.6. The Hall–Kier alpha value is -2.57. The zero-order valence-electron chi connectivity index (χ0n) is 14.3. The zero-order chi connectivity index (χ0) is 17.4. The van der Waals surface area contributed by atoms with Crippen molar-refractivity contribution in [1.82, 2.24) is 19.8 Å². The lowest BCUT2D eigenvalue weighted by atomic mass is 9.92. The molecule has 1 unspecified atom stereocenters. The first-order valence-electron chi connectivity index (χ1n) is 8.77. The molecule has 1 N–H and O–H groups in total. The number of aromatic amines is 1. The van der Waals surface area contributed by atoms with E-state index in [2.05, 4.69) is 9.97 Å². The van der Waals surface area contributed by atoms with Crippen molar-refractivity contribution in [1.29, 1.82) is 0 Å². The Kier molecular flexibility index (Phi) is 3.86. The van der Waals surface area contributed by atoms with Gasteiger partial charge in [-0.05, 0) is 18.6 Å². The summed E-state index contributed by atoms with van der Waals surface area (Å²) >= 11 is 0. The minimum absolute atomic E-state index is 0.104. The maximum atomic E-state index is 12.7. The van der Waals surface area contributed by atoms with Gasteiger partial charge in [0.2, 0.25) is 5.91 Å². The third-order valence-corrected chi connectivity index (χ3v) is 5.36. The molecule has 0 bridgehead atoms. The first-order chi connectivity index (χ1) is 12.1. The first-order valence-corrected chi connectivity index (χ1v) is 8.77. The average molecular weight is 342 g/mol. The van der Waals surface area contributed by atoms with Crippen molar-refractivity contribution < 1.29 is 14.3 Å². The van der Waals surface area contributed by atoms with Crippen molar-refractivity contribution in [3.63, 3.8) is 0 Å². The predicted octanol–water partition coefficient (Wildman–Crippen LogP) is 1.94. The summed E-state index contributed by atoms with van der Waals surface area (Å²) in [5.74, 6) is 0.935. The predicted molar refractivity (Wildman–Crippen MR) is 92.1 cm³/mol. The molecule has 2 saturated heterocycles. The SMILES string of the molecule is CCC12COC(=O)N1CCN(C(=O)CCc1nc3ccccc3[nH]1)C2. The quantitative estimate of drug-likeness (QED) is 0.921. The summed E-state index contributed by atoms with van der Waals surface area (Å²) in [7, 11) is 0. The van der Waals surface area contributed by atoms with Crippen LogP contribution in [0.15, 0.2) is 24.3 Å². The third kappa shape index (κ3) is 2.73. The number of carbonyl (C=O) groups excluding carboxylic acids is 2. The second-order valence-electron chi connectivity index (χ2n) is 6.80. The van der Waals surface area contributed by atoms with Gasteiger partial charge < -0.3 is 14.6 Å². The van der Waals surface area contributed by atoms with Crippen molar-refractivity contribution in [2.24, 2.45) is 0 Å². The van der Waals surface area contributed by atoms with E-state index in [0.717, 1.165) is 23.3 Å². The molecule has 132 valence electrons. The fraction of sp³-hybridized carbons (Fsp3) is 0.500. The molecule has 1 aromatic heterocycles. The van der Waals surface area contributed by atoms with E-state index in [1.165, 1.54) is 0 Å². The highest BCUT2D eigenvalue weighted by molar-refractivity contribution is 5.78. The molecule has 2 amide bonds. The Morgan fingerprint density at radius 3 is 3.00 bits per heavy atom. The second-order valence-corrected chi connectivity index (χ2v) is 6.80. The molecule has 2 aliphatic rings. The molecule has 4 rings (SSSR count). The lowest BCUT2D eigenvalue weighted by molar-refractivity contribution is -0.135. The second kappa shape index (κ2) is 6.06. The van der Waals surface area contributed by atoms with E-state index in [9.17, 15) is 9.59 Å². The number of nitrogens with zero attached hydrogens (tertiary/aromatic N) is 3.